The van der Waals surface area contributed by atoms with Gasteiger partial charge in [0.25, 0.3) is 0 Å². The van der Waals surface area contributed by atoms with E-state index in [1.54, 1.807) is 18.4 Å². The van der Waals surface area contributed by atoms with Crippen molar-refractivity contribution < 1.29 is 13.2 Å². The molecule has 0 radical (unpaired) electrons. The number of anilines is 1. The van der Waals surface area contributed by atoms with Gasteiger partial charge in [0.1, 0.15) is 0 Å². The number of sulfone groups is 1. The van der Waals surface area contributed by atoms with E-state index in [2.05, 4.69) is 15.2 Å². The number of rotatable bonds is 6. The Balaban J connectivity index is 1.70. The molecule has 0 atom stereocenters. The van der Waals surface area contributed by atoms with Gasteiger partial charge in [-0.3, -0.25) is 0 Å². The molecule has 1 aliphatic carbocycles. The van der Waals surface area contributed by atoms with Crippen molar-refractivity contribution in [2.75, 3.05) is 36.6 Å². The predicted molar refractivity (Wildman–Crippen MR) is 83.6 cm³/mol. The van der Waals surface area contributed by atoms with Crippen molar-refractivity contribution in [1.82, 2.24) is 10.3 Å². The minimum absolute atomic E-state index is 0.224. The Morgan fingerprint density at radius 2 is 2.10 bits per heavy atom. The SMILES string of the molecule is COCc1nc(N2CCS(=O)(=O)CC2)sc1CNC1CC1. The maximum Gasteiger partial charge on any atom is 0.185 e. The topological polar surface area (TPSA) is 71.5 Å². The fourth-order valence-corrected chi connectivity index (χ4v) is 4.59. The molecule has 6 nitrogen and oxygen atoms in total. The molecular weight excluding hydrogens is 310 g/mol. The summed E-state index contributed by atoms with van der Waals surface area (Å²) in [6.07, 6.45) is 2.52. The molecule has 1 aromatic rings. The van der Waals surface area contributed by atoms with Crippen LogP contribution in [0.15, 0.2) is 0 Å². The third-order valence-corrected chi connectivity index (χ3v) is 6.56. The highest BCUT2D eigenvalue weighted by molar-refractivity contribution is 7.91. The molecule has 1 aliphatic heterocycles. The number of aromatic nitrogens is 1. The molecule has 0 aromatic carbocycles. The van der Waals surface area contributed by atoms with Crippen LogP contribution in [0.5, 0.6) is 0 Å². The van der Waals surface area contributed by atoms with Crippen LogP contribution in [0, 0.1) is 0 Å². The zero-order valence-corrected chi connectivity index (χ0v) is 13.8. The van der Waals surface area contributed by atoms with E-state index in [0.29, 0.717) is 25.7 Å². The van der Waals surface area contributed by atoms with Crippen molar-refractivity contribution >= 4 is 26.3 Å². The maximum atomic E-state index is 11.5. The number of hydrogen-bond donors (Lipinski definition) is 1. The summed E-state index contributed by atoms with van der Waals surface area (Å²) < 4.78 is 28.3. The highest BCUT2D eigenvalue weighted by atomic mass is 32.2. The van der Waals surface area contributed by atoms with E-state index in [-0.39, 0.29) is 11.5 Å². The smallest absolute Gasteiger partial charge is 0.185 e. The van der Waals surface area contributed by atoms with E-state index < -0.39 is 9.84 Å². The Morgan fingerprint density at radius 1 is 1.38 bits per heavy atom. The Hall–Kier alpha value is -0.700. The molecule has 1 saturated heterocycles. The van der Waals surface area contributed by atoms with Gasteiger partial charge in [-0.2, -0.15) is 0 Å². The minimum atomic E-state index is -2.85. The van der Waals surface area contributed by atoms with Crippen LogP contribution in [0.1, 0.15) is 23.4 Å². The Morgan fingerprint density at radius 3 is 2.71 bits per heavy atom. The van der Waals surface area contributed by atoms with Crippen LogP contribution in [0.3, 0.4) is 0 Å². The number of nitrogens with one attached hydrogen (secondary N) is 1. The second-order valence-corrected chi connectivity index (χ2v) is 8.96. The van der Waals surface area contributed by atoms with E-state index in [1.807, 2.05) is 0 Å². The van der Waals surface area contributed by atoms with Crippen molar-refractivity contribution in [3.05, 3.63) is 10.6 Å². The van der Waals surface area contributed by atoms with Crippen LogP contribution in [-0.2, 0) is 27.7 Å². The third-order valence-electron chi connectivity index (χ3n) is 3.79. The van der Waals surface area contributed by atoms with Crippen molar-refractivity contribution in [2.45, 2.75) is 32.0 Å². The largest absolute Gasteiger partial charge is 0.378 e. The highest BCUT2D eigenvalue weighted by Crippen LogP contribution is 2.29. The zero-order chi connectivity index (χ0) is 14.9. The average Bonchev–Trinajstić information content (AvgIpc) is 3.19. The standard InChI is InChI=1S/C13H21N3O3S2/c1-19-9-11-12(8-14-10-2-3-10)20-13(15-11)16-4-6-21(17,18)7-5-16/h10,14H,2-9H2,1H3. The van der Waals surface area contributed by atoms with Gasteiger partial charge in [0, 0.05) is 37.7 Å². The monoisotopic (exact) mass is 331 g/mol. The van der Waals surface area contributed by atoms with E-state index in [1.165, 1.54) is 17.7 Å². The first kappa shape index (κ1) is 15.2. The van der Waals surface area contributed by atoms with Crippen LogP contribution in [-0.4, -0.2) is 51.1 Å². The predicted octanol–water partition coefficient (Wildman–Crippen LogP) is 0.776. The molecule has 3 rings (SSSR count). The molecule has 21 heavy (non-hydrogen) atoms. The van der Waals surface area contributed by atoms with Crippen LogP contribution in [0.4, 0.5) is 5.13 Å². The van der Waals surface area contributed by atoms with E-state index in [9.17, 15) is 8.42 Å². The molecule has 1 aromatic heterocycles. The number of hydrogen-bond acceptors (Lipinski definition) is 7. The van der Waals surface area contributed by atoms with Crippen LogP contribution >= 0.6 is 11.3 Å². The molecule has 0 unspecified atom stereocenters. The van der Waals surface area contributed by atoms with E-state index in [4.69, 9.17) is 4.74 Å². The highest BCUT2D eigenvalue weighted by Gasteiger charge is 2.26. The van der Waals surface area contributed by atoms with Gasteiger partial charge >= 0.3 is 0 Å². The van der Waals surface area contributed by atoms with Gasteiger partial charge in [-0.1, -0.05) is 0 Å². The lowest BCUT2D eigenvalue weighted by molar-refractivity contribution is 0.181. The zero-order valence-electron chi connectivity index (χ0n) is 12.2. The lowest BCUT2D eigenvalue weighted by Crippen LogP contribution is -2.40. The first-order valence-corrected chi connectivity index (χ1v) is 9.87. The molecule has 118 valence electrons. The van der Waals surface area contributed by atoms with Gasteiger partial charge in [-0.15, -0.1) is 11.3 Å². The van der Waals surface area contributed by atoms with Crippen LogP contribution < -0.4 is 10.2 Å². The molecule has 0 bridgehead atoms. The second-order valence-electron chi connectivity index (χ2n) is 5.59. The third kappa shape index (κ3) is 3.94. The first-order valence-electron chi connectivity index (χ1n) is 7.23. The van der Waals surface area contributed by atoms with Gasteiger partial charge in [0.15, 0.2) is 15.0 Å². The van der Waals surface area contributed by atoms with Crippen LogP contribution in [0.25, 0.3) is 0 Å². The van der Waals surface area contributed by atoms with Crippen molar-refractivity contribution in [1.29, 1.82) is 0 Å². The summed E-state index contributed by atoms with van der Waals surface area (Å²) in [5, 5.41) is 4.42. The minimum Gasteiger partial charge on any atom is -0.378 e. The molecule has 8 heteroatoms. The molecule has 2 fully saturated rings. The normalized spacial score (nSPS) is 21.7. The molecule has 0 spiro atoms. The molecule has 1 N–H and O–H groups in total. The van der Waals surface area contributed by atoms with Gasteiger partial charge in [-0.25, -0.2) is 13.4 Å². The first-order chi connectivity index (χ1) is 10.1. The van der Waals surface area contributed by atoms with Crippen molar-refractivity contribution in [3.8, 4) is 0 Å². The molecule has 0 amide bonds. The second kappa shape index (κ2) is 6.20. The molecule has 1 saturated carbocycles. The summed E-state index contributed by atoms with van der Waals surface area (Å²) in [5.41, 5.74) is 0.971. The quantitative estimate of drug-likeness (QED) is 0.830. The summed E-state index contributed by atoms with van der Waals surface area (Å²) in [7, 11) is -1.18. The fourth-order valence-electron chi connectivity index (χ4n) is 2.32. The summed E-state index contributed by atoms with van der Waals surface area (Å²) in [4.78, 5) is 7.93. The van der Waals surface area contributed by atoms with Gasteiger partial charge in [0.2, 0.25) is 0 Å². The van der Waals surface area contributed by atoms with E-state index >= 15 is 0 Å². The molecule has 2 heterocycles. The number of thiazole rings is 1. The summed E-state index contributed by atoms with van der Waals surface area (Å²) in [5.74, 6) is 0.448. The summed E-state index contributed by atoms with van der Waals surface area (Å²) in [6, 6.07) is 0.658. The number of methoxy groups -OCH3 is 1. The van der Waals surface area contributed by atoms with Crippen LogP contribution in [0.2, 0.25) is 0 Å². The lowest BCUT2D eigenvalue weighted by atomic mass is 10.3. The number of nitrogens with zero attached hydrogens (tertiary/aromatic N) is 2. The summed E-state index contributed by atoms with van der Waals surface area (Å²) >= 11 is 1.65. The lowest BCUT2D eigenvalue weighted by Gasteiger charge is -2.25. The van der Waals surface area contributed by atoms with Gasteiger partial charge in [-0.05, 0) is 12.8 Å². The molecule has 2 aliphatic rings. The van der Waals surface area contributed by atoms with Gasteiger partial charge < -0.3 is 15.0 Å². The van der Waals surface area contributed by atoms with E-state index in [0.717, 1.165) is 17.4 Å². The fraction of sp³-hybridized carbons (Fsp3) is 0.769. The average molecular weight is 331 g/mol. The Bertz CT molecular complexity index is 582. The maximum absolute atomic E-state index is 11.5. The molecular formula is C13H21N3O3S2. The van der Waals surface area contributed by atoms with Crippen molar-refractivity contribution in [2.24, 2.45) is 0 Å². The number of ether oxygens (including phenoxy) is 1. The Labute approximate surface area is 129 Å². The van der Waals surface area contributed by atoms with Gasteiger partial charge in [0.05, 0.1) is 23.8 Å². The summed E-state index contributed by atoms with van der Waals surface area (Å²) in [6.45, 7) is 2.41. The van der Waals surface area contributed by atoms with Crippen molar-refractivity contribution in [3.63, 3.8) is 0 Å². The Kier molecular flexibility index (Phi) is 4.49.